The highest BCUT2D eigenvalue weighted by molar-refractivity contribution is 6.30. The van der Waals surface area contributed by atoms with Crippen LogP contribution in [-0.4, -0.2) is 30.6 Å². The molecule has 0 spiro atoms. The first-order valence-corrected chi connectivity index (χ1v) is 8.56. The molecule has 1 unspecified atom stereocenters. The number of ether oxygens (including phenoxy) is 2. The third-order valence-corrected chi connectivity index (χ3v) is 4.77. The van der Waals surface area contributed by atoms with E-state index >= 15 is 0 Å². The molecule has 5 heteroatoms. The second kappa shape index (κ2) is 6.36. The van der Waals surface area contributed by atoms with Crippen LogP contribution in [0.1, 0.15) is 34.8 Å². The van der Waals surface area contributed by atoms with Gasteiger partial charge in [-0.3, -0.25) is 4.79 Å². The lowest BCUT2D eigenvalue weighted by Crippen LogP contribution is -2.30. The Morgan fingerprint density at radius 3 is 2.75 bits per heavy atom. The van der Waals surface area contributed by atoms with Crippen LogP contribution in [0.4, 0.5) is 0 Å². The molecule has 0 aromatic heterocycles. The van der Waals surface area contributed by atoms with E-state index in [0.29, 0.717) is 23.8 Å². The van der Waals surface area contributed by atoms with Crippen molar-refractivity contribution in [3.8, 4) is 11.5 Å². The summed E-state index contributed by atoms with van der Waals surface area (Å²) in [7, 11) is 0. The Bertz CT molecular complexity index is 777. The summed E-state index contributed by atoms with van der Waals surface area (Å²) in [6.07, 6.45) is 1.94. The molecule has 0 radical (unpaired) electrons. The maximum absolute atomic E-state index is 12.9. The summed E-state index contributed by atoms with van der Waals surface area (Å²) in [6.45, 7) is 1.89. The third-order valence-electron chi connectivity index (χ3n) is 4.54. The van der Waals surface area contributed by atoms with E-state index in [0.717, 1.165) is 36.4 Å². The smallest absolute Gasteiger partial charge is 0.254 e. The van der Waals surface area contributed by atoms with Crippen molar-refractivity contribution in [3.05, 3.63) is 58.6 Å². The van der Waals surface area contributed by atoms with Gasteiger partial charge in [0, 0.05) is 17.1 Å². The summed E-state index contributed by atoms with van der Waals surface area (Å²) >= 11 is 6.03. The number of likely N-dealkylation sites (tertiary alicyclic amines) is 1. The molecule has 2 aromatic rings. The number of carbonyl (C=O) groups is 1. The average Bonchev–Trinajstić information content (AvgIpc) is 3.10. The molecule has 0 bridgehead atoms. The van der Waals surface area contributed by atoms with Crippen LogP contribution in [0.2, 0.25) is 5.02 Å². The number of carbonyl (C=O) groups excluding carboxylic acids is 1. The topological polar surface area (TPSA) is 38.8 Å². The molecule has 2 heterocycles. The number of halogens is 1. The van der Waals surface area contributed by atoms with Crippen LogP contribution in [0.15, 0.2) is 42.5 Å². The van der Waals surface area contributed by atoms with Crippen LogP contribution in [0, 0.1) is 0 Å². The Morgan fingerprint density at radius 2 is 1.92 bits per heavy atom. The van der Waals surface area contributed by atoms with Gasteiger partial charge in [-0.2, -0.15) is 0 Å². The van der Waals surface area contributed by atoms with Gasteiger partial charge in [0.15, 0.2) is 11.5 Å². The Morgan fingerprint density at radius 1 is 1.08 bits per heavy atom. The summed E-state index contributed by atoms with van der Waals surface area (Å²) in [5.74, 6) is 1.56. The lowest BCUT2D eigenvalue weighted by Gasteiger charge is -2.27. The van der Waals surface area contributed by atoms with Crippen molar-refractivity contribution >= 4 is 17.5 Å². The fourth-order valence-electron chi connectivity index (χ4n) is 3.41. The highest BCUT2D eigenvalue weighted by Crippen LogP contribution is 2.38. The molecule has 24 heavy (non-hydrogen) atoms. The Hall–Kier alpha value is -2.20. The number of fused-ring (bicyclic) bond motifs is 1. The van der Waals surface area contributed by atoms with E-state index in [9.17, 15) is 4.79 Å². The van der Waals surface area contributed by atoms with E-state index in [1.165, 1.54) is 0 Å². The molecule has 4 nitrogen and oxygen atoms in total. The van der Waals surface area contributed by atoms with Crippen LogP contribution < -0.4 is 9.47 Å². The maximum Gasteiger partial charge on any atom is 0.254 e. The summed E-state index contributed by atoms with van der Waals surface area (Å²) in [5.41, 5.74) is 1.72. The molecule has 0 aliphatic carbocycles. The molecule has 1 atom stereocenters. The minimum absolute atomic E-state index is 0.0230. The SMILES string of the molecule is O=C(c1cccc(Cl)c1)N1CCCC1c1ccc2c(c1)OCCO2. The fraction of sp³-hybridized carbons (Fsp3) is 0.316. The number of benzene rings is 2. The molecule has 4 rings (SSSR count). The van der Waals surface area contributed by atoms with Gasteiger partial charge in [0.25, 0.3) is 5.91 Å². The van der Waals surface area contributed by atoms with Crippen LogP contribution in [0.5, 0.6) is 11.5 Å². The number of rotatable bonds is 2. The molecule has 124 valence electrons. The van der Waals surface area contributed by atoms with Gasteiger partial charge in [-0.1, -0.05) is 23.7 Å². The highest BCUT2D eigenvalue weighted by atomic mass is 35.5. The minimum atomic E-state index is 0.0230. The van der Waals surface area contributed by atoms with Gasteiger partial charge in [-0.15, -0.1) is 0 Å². The first-order valence-electron chi connectivity index (χ1n) is 8.18. The molecular weight excluding hydrogens is 326 g/mol. The molecule has 2 aromatic carbocycles. The predicted octanol–water partition coefficient (Wildman–Crippen LogP) is 4.09. The minimum Gasteiger partial charge on any atom is -0.486 e. The average molecular weight is 344 g/mol. The van der Waals surface area contributed by atoms with Gasteiger partial charge < -0.3 is 14.4 Å². The number of hydrogen-bond acceptors (Lipinski definition) is 3. The van der Waals surface area contributed by atoms with E-state index in [2.05, 4.69) is 0 Å². The molecule has 0 saturated carbocycles. The Labute approximate surface area is 145 Å². The van der Waals surface area contributed by atoms with Crippen molar-refractivity contribution in [2.75, 3.05) is 19.8 Å². The number of hydrogen-bond donors (Lipinski definition) is 0. The molecule has 2 aliphatic rings. The normalized spacial score (nSPS) is 19.4. The summed E-state index contributed by atoms with van der Waals surface area (Å²) in [4.78, 5) is 14.8. The monoisotopic (exact) mass is 343 g/mol. The van der Waals surface area contributed by atoms with E-state index in [1.54, 1.807) is 12.1 Å². The van der Waals surface area contributed by atoms with Crippen LogP contribution in [0.25, 0.3) is 0 Å². The van der Waals surface area contributed by atoms with Crippen molar-refractivity contribution in [2.24, 2.45) is 0 Å². The van der Waals surface area contributed by atoms with Crippen LogP contribution in [0.3, 0.4) is 0 Å². The van der Waals surface area contributed by atoms with Gasteiger partial charge in [0.1, 0.15) is 13.2 Å². The second-order valence-electron chi connectivity index (χ2n) is 6.07. The fourth-order valence-corrected chi connectivity index (χ4v) is 3.60. The zero-order valence-electron chi connectivity index (χ0n) is 13.2. The molecular formula is C19H18ClNO3. The summed E-state index contributed by atoms with van der Waals surface area (Å²) < 4.78 is 11.3. The maximum atomic E-state index is 12.9. The van der Waals surface area contributed by atoms with Gasteiger partial charge in [0.2, 0.25) is 0 Å². The zero-order valence-corrected chi connectivity index (χ0v) is 14.0. The van der Waals surface area contributed by atoms with Crippen LogP contribution in [-0.2, 0) is 0 Å². The second-order valence-corrected chi connectivity index (χ2v) is 6.51. The largest absolute Gasteiger partial charge is 0.486 e. The molecule has 2 aliphatic heterocycles. The molecule has 1 amide bonds. The van der Waals surface area contributed by atoms with Crippen molar-refractivity contribution in [1.82, 2.24) is 4.90 Å². The van der Waals surface area contributed by atoms with Gasteiger partial charge >= 0.3 is 0 Å². The lowest BCUT2D eigenvalue weighted by molar-refractivity contribution is 0.0735. The van der Waals surface area contributed by atoms with Crippen molar-refractivity contribution in [1.29, 1.82) is 0 Å². The molecule has 1 saturated heterocycles. The zero-order chi connectivity index (χ0) is 16.5. The number of nitrogens with zero attached hydrogens (tertiary/aromatic N) is 1. The summed E-state index contributed by atoms with van der Waals surface area (Å²) in [6, 6.07) is 13.2. The van der Waals surface area contributed by atoms with Crippen molar-refractivity contribution in [2.45, 2.75) is 18.9 Å². The Balaban J connectivity index is 1.62. The predicted molar refractivity (Wildman–Crippen MR) is 91.9 cm³/mol. The van der Waals surface area contributed by atoms with Crippen molar-refractivity contribution in [3.63, 3.8) is 0 Å². The van der Waals surface area contributed by atoms with Gasteiger partial charge in [-0.25, -0.2) is 0 Å². The third kappa shape index (κ3) is 2.82. The van der Waals surface area contributed by atoms with Gasteiger partial charge in [0.05, 0.1) is 6.04 Å². The Kier molecular flexibility index (Phi) is 4.07. The molecule has 1 fully saturated rings. The van der Waals surface area contributed by atoms with Gasteiger partial charge in [-0.05, 0) is 48.7 Å². The lowest BCUT2D eigenvalue weighted by atomic mass is 10.0. The first-order chi connectivity index (χ1) is 11.7. The quantitative estimate of drug-likeness (QED) is 0.824. The van der Waals surface area contributed by atoms with E-state index < -0.39 is 0 Å². The van der Waals surface area contributed by atoms with Crippen LogP contribution >= 0.6 is 11.6 Å². The standard InChI is InChI=1S/C19H18ClNO3/c20-15-4-1-3-14(11-15)19(22)21-8-2-5-16(21)13-6-7-17-18(12-13)24-10-9-23-17/h1,3-4,6-7,11-12,16H,2,5,8-10H2. The van der Waals surface area contributed by atoms with E-state index in [-0.39, 0.29) is 11.9 Å². The first kappa shape index (κ1) is 15.3. The van der Waals surface area contributed by atoms with E-state index in [4.69, 9.17) is 21.1 Å². The highest BCUT2D eigenvalue weighted by Gasteiger charge is 2.31. The number of amides is 1. The summed E-state index contributed by atoms with van der Waals surface area (Å²) in [5, 5.41) is 0.580. The van der Waals surface area contributed by atoms with Crippen molar-refractivity contribution < 1.29 is 14.3 Å². The van der Waals surface area contributed by atoms with E-state index in [1.807, 2.05) is 35.2 Å². The molecule has 0 N–H and O–H groups in total.